The van der Waals surface area contributed by atoms with Gasteiger partial charge in [-0.2, -0.15) is 0 Å². The van der Waals surface area contributed by atoms with Crippen LogP contribution in [0.5, 0.6) is 5.75 Å². The number of rotatable bonds is 4. The van der Waals surface area contributed by atoms with E-state index < -0.39 is 0 Å². The van der Waals surface area contributed by atoms with Crippen LogP contribution in [0.15, 0.2) is 18.2 Å². The molecule has 2 N–H and O–H groups in total. The largest absolute Gasteiger partial charge is 0.491 e. The van der Waals surface area contributed by atoms with Gasteiger partial charge >= 0.3 is 6.03 Å². The van der Waals surface area contributed by atoms with Crippen LogP contribution in [-0.4, -0.2) is 41.8 Å². The maximum atomic E-state index is 11.9. The van der Waals surface area contributed by atoms with Crippen molar-refractivity contribution >= 4 is 11.7 Å². The Hall–Kier alpha value is -1.75. The fourth-order valence-electron chi connectivity index (χ4n) is 2.17. The number of ether oxygens (including phenoxy) is 1. The Morgan fingerprint density at radius 1 is 1.50 bits per heavy atom. The molecule has 1 aromatic carbocycles. The van der Waals surface area contributed by atoms with E-state index >= 15 is 0 Å². The third kappa shape index (κ3) is 3.42. The number of amides is 2. The van der Waals surface area contributed by atoms with Gasteiger partial charge in [0.15, 0.2) is 0 Å². The van der Waals surface area contributed by atoms with E-state index in [0.717, 1.165) is 17.0 Å². The van der Waals surface area contributed by atoms with Crippen molar-refractivity contribution in [2.45, 2.75) is 26.9 Å². The zero-order valence-corrected chi connectivity index (χ0v) is 12.2. The monoisotopic (exact) mass is 278 g/mol. The highest BCUT2D eigenvalue weighted by Crippen LogP contribution is 2.24. The molecule has 2 amide bonds. The molecule has 0 aromatic heterocycles. The Kier molecular flexibility index (Phi) is 4.49. The zero-order valence-electron chi connectivity index (χ0n) is 12.2. The third-order valence-corrected chi connectivity index (χ3v) is 3.29. The molecule has 0 radical (unpaired) electrons. The van der Waals surface area contributed by atoms with Crippen molar-refractivity contribution in [1.29, 1.82) is 0 Å². The van der Waals surface area contributed by atoms with Gasteiger partial charge in [0.05, 0.1) is 6.10 Å². The predicted molar refractivity (Wildman–Crippen MR) is 78.1 cm³/mol. The van der Waals surface area contributed by atoms with Gasteiger partial charge in [0.2, 0.25) is 0 Å². The SMILES string of the molecule is Cc1cc(NC(=O)N2CC(CO)C2)ccc1OC(C)C. The number of aliphatic hydroxyl groups is 1. The van der Waals surface area contributed by atoms with Crippen LogP contribution in [-0.2, 0) is 0 Å². The molecule has 0 spiro atoms. The van der Waals surface area contributed by atoms with Crippen LogP contribution in [0.3, 0.4) is 0 Å². The second-order valence-corrected chi connectivity index (χ2v) is 5.53. The first kappa shape index (κ1) is 14.7. The number of likely N-dealkylation sites (tertiary alicyclic amines) is 1. The van der Waals surface area contributed by atoms with Gasteiger partial charge in [-0.25, -0.2) is 4.79 Å². The second kappa shape index (κ2) is 6.13. The first-order valence-corrected chi connectivity index (χ1v) is 6.93. The average molecular weight is 278 g/mol. The number of nitrogens with zero attached hydrogens (tertiary/aromatic N) is 1. The number of urea groups is 1. The number of hydrogen-bond donors (Lipinski definition) is 2. The molecule has 1 aliphatic rings. The Bertz CT molecular complexity index is 482. The van der Waals surface area contributed by atoms with E-state index in [4.69, 9.17) is 9.84 Å². The molecule has 1 aliphatic heterocycles. The first-order chi connectivity index (χ1) is 9.49. The van der Waals surface area contributed by atoms with Crippen molar-refractivity contribution in [3.63, 3.8) is 0 Å². The molecule has 0 aliphatic carbocycles. The maximum Gasteiger partial charge on any atom is 0.321 e. The highest BCUT2D eigenvalue weighted by atomic mass is 16.5. The summed E-state index contributed by atoms with van der Waals surface area (Å²) in [5.74, 6) is 1.06. The molecule has 0 saturated carbocycles. The summed E-state index contributed by atoms with van der Waals surface area (Å²) in [6.45, 7) is 7.31. The van der Waals surface area contributed by atoms with Crippen LogP contribution < -0.4 is 10.1 Å². The molecule has 1 heterocycles. The van der Waals surface area contributed by atoms with E-state index in [1.807, 2.05) is 39.0 Å². The number of anilines is 1. The second-order valence-electron chi connectivity index (χ2n) is 5.53. The number of aryl methyl sites for hydroxylation is 1. The van der Waals surface area contributed by atoms with Crippen LogP contribution in [0, 0.1) is 12.8 Å². The molecular formula is C15H22N2O3. The molecule has 5 nitrogen and oxygen atoms in total. The minimum Gasteiger partial charge on any atom is -0.491 e. The zero-order chi connectivity index (χ0) is 14.7. The molecule has 5 heteroatoms. The summed E-state index contributed by atoms with van der Waals surface area (Å²) in [4.78, 5) is 13.6. The number of carbonyl (C=O) groups excluding carboxylic acids is 1. The van der Waals surface area contributed by atoms with Gasteiger partial charge < -0.3 is 20.1 Å². The van der Waals surface area contributed by atoms with Crippen molar-refractivity contribution < 1.29 is 14.6 Å². The van der Waals surface area contributed by atoms with Gasteiger partial charge in [0.1, 0.15) is 5.75 Å². The maximum absolute atomic E-state index is 11.9. The van der Waals surface area contributed by atoms with Gasteiger partial charge in [-0.1, -0.05) is 0 Å². The summed E-state index contributed by atoms with van der Waals surface area (Å²) in [5, 5.41) is 11.8. The minimum absolute atomic E-state index is 0.119. The Morgan fingerprint density at radius 2 is 2.20 bits per heavy atom. The molecule has 0 bridgehead atoms. The Balaban J connectivity index is 1.93. The lowest BCUT2D eigenvalue weighted by molar-refractivity contribution is 0.0838. The van der Waals surface area contributed by atoms with Crippen molar-refractivity contribution in [2.75, 3.05) is 25.0 Å². The Morgan fingerprint density at radius 3 is 2.75 bits per heavy atom. The summed E-state index contributed by atoms with van der Waals surface area (Å²) in [6, 6.07) is 5.49. The van der Waals surface area contributed by atoms with Crippen molar-refractivity contribution in [2.24, 2.45) is 5.92 Å². The van der Waals surface area contributed by atoms with E-state index in [2.05, 4.69) is 5.32 Å². The summed E-state index contributed by atoms with van der Waals surface area (Å²) >= 11 is 0. The van der Waals surface area contributed by atoms with Gasteiger partial charge in [-0.3, -0.25) is 0 Å². The molecule has 2 rings (SSSR count). The first-order valence-electron chi connectivity index (χ1n) is 6.93. The lowest BCUT2D eigenvalue weighted by atomic mass is 10.0. The lowest BCUT2D eigenvalue weighted by Gasteiger charge is -2.38. The fourth-order valence-corrected chi connectivity index (χ4v) is 2.17. The Labute approximate surface area is 119 Å². The van der Waals surface area contributed by atoms with E-state index in [1.54, 1.807) is 4.90 Å². The van der Waals surface area contributed by atoms with Gasteiger partial charge in [-0.15, -0.1) is 0 Å². The number of carbonyl (C=O) groups is 1. The van der Waals surface area contributed by atoms with E-state index in [-0.39, 0.29) is 24.7 Å². The molecule has 1 saturated heterocycles. The molecule has 0 unspecified atom stereocenters. The molecule has 20 heavy (non-hydrogen) atoms. The number of nitrogens with one attached hydrogen (secondary N) is 1. The van der Waals surface area contributed by atoms with Gasteiger partial charge in [0, 0.05) is 31.3 Å². The standard InChI is InChI=1S/C15H22N2O3/c1-10(2)20-14-5-4-13(6-11(14)3)16-15(19)17-7-12(8-17)9-18/h4-6,10,12,18H,7-9H2,1-3H3,(H,16,19). The van der Waals surface area contributed by atoms with Crippen molar-refractivity contribution in [1.82, 2.24) is 4.90 Å². The summed E-state index contributed by atoms with van der Waals surface area (Å²) in [7, 11) is 0. The summed E-state index contributed by atoms with van der Waals surface area (Å²) in [6.07, 6.45) is 0.130. The molecule has 110 valence electrons. The van der Waals surface area contributed by atoms with Gasteiger partial charge in [-0.05, 0) is 44.5 Å². The fraction of sp³-hybridized carbons (Fsp3) is 0.533. The van der Waals surface area contributed by atoms with Crippen molar-refractivity contribution in [3.8, 4) is 5.75 Å². The number of benzene rings is 1. The third-order valence-electron chi connectivity index (χ3n) is 3.29. The smallest absolute Gasteiger partial charge is 0.321 e. The van der Waals surface area contributed by atoms with Crippen LogP contribution in [0.4, 0.5) is 10.5 Å². The molecular weight excluding hydrogens is 256 g/mol. The molecule has 1 aromatic rings. The van der Waals surface area contributed by atoms with E-state index in [1.165, 1.54) is 0 Å². The van der Waals surface area contributed by atoms with Crippen molar-refractivity contribution in [3.05, 3.63) is 23.8 Å². The van der Waals surface area contributed by atoms with Crippen LogP contribution in [0.25, 0.3) is 0 Å². The quantitative estimate of drug-likeness (QED) is 0.888. The summed E-state index contributed by atoms with van der Waals surface area (Å²) in [5.41, 5.74) is 1.75. The van der Waals surface area contributed by atoms with Crippen LogP contribution in [0.2, 0.25) is 0 Å². The van der Waals surface area contributed by atoms with Crippen LogP contribution in [0.1, 0.15) is 19.4 Å². The molecule has 1 fully saturated rings. The molecule has 0 atom stereocenters. The van der Waals surface area contributed by atoms with E-state index in [0.29, 0.717) is 13.1 Å². The van der Waals surface area contributed by atoms with E-state index in [9.17, 15) is 4.79 Å². The number of aliphatic hydroxyl groups excluding tert-OH is 1. The minimum atomic E-state index is -0.119. The average Bonchev–Trinajstić information content (AvgIpc) is 2.31. The van der Waals surface area contributed by atoms with Crippen LogP contribution >= 0.6 is 0 Å². The highest BCUT2D eigenvalue weighted by Gasteiger charge is 2.29. The lowest BCUT2D eigenvalue weighted by Crippen LogP contribution is -2.52. The highest BCUT2D eigenvalue weighted by molar-refractivity contribution is 5.90. The summed E-state index contributed by atoms with van der Waals surface area (Å²) < 4.78 is 5.66. The predicted octanol–water partition coefficient (Wildman–Crippen LogP) is 2.24. The normalized spacial score (nSPS) is 15.2. The topological polar surface area (TPSA) is 61.8 Å². The van der Waals surface area contributed by atoms with Gasteiger partial charge in [0.25, 0.3) is 0 Å². The number of hydrogen-bond acceptors (Lipinski definition) is 3.